The molecule has 66 valence electrons. The van der Waals surface area contributed by atoms with Gasteiger partial charge in [-0.3, -0.25) is 0 Å². The minimum absolute atomic E-state index is 0.255. The Balaban J connectivity index is 3.28. The molecule has 0 saturated carbocycles. The lowest BCUT2D eigenvalue weighted by molar-refractivity contribution is 0.150. The second-order valence-corrected chi connectivity index (χ2v) is 2.84. The van der Waals surface area contributed by atoms with E-state index in [4.69, 9.17) is 34.8 Å². The molecule has 0 spiro atoms. The van der Waals surface area contributed by atoms with Gasteiger partial charge in [0.15, 0.2) is 0 Å². The van der Waals surface area contributed by atoms with E-state index in [1.165, 1.54) is 0 Å². The van der Waals surface area contributed by atoms with Crippen LogP contribution in [0, 0.1) is 0 Å². The van der Waals surface area contributed by atoms with Crippen LogP contribution >= 0.6 is 34.8 Å². The van der Waals surface area contributed by atoms with Gasteiger partial charge in [-0.2, -0.15) is 0 Å². The Hall–Kier alpha value is -0.190. The van der Waals surface area contributed by atoms with Crippen molar-refractivity contribution < 1.29 is 8.78 Å². The Morgan fingerprint density at radius 2 is 1.42 bits per heavy atom. The molecule has 1 rings (SSSR count). The predicted octanol–water partition coefficient (Wildman–Crippen LogP) is 3.37. The number of hydrogen-bond acceptors (Lipinski definition) is 2. The summed E-state index contributed by atoms with van der Waals surface area (Å²) in [6.45, 7) is 0. The van der Waals surface area contributed by atoms with E-state index in [2.05, 4.69) is 9.97 Å². The van der Waals surface area contributed by atoms with Crippen LogP contribution in [-0.4, -0.2) is 9.97 Å². The Kier molecular flexibility index (Phi) is 3.04. The van der Waals surface area contributed by atoms with Crippen LogP contribution in [0.3, 0.4) is 0 Å². The first-order valence-corrected chi connectivity index (χ1v) is 3.82. The van der Waals surface area contributed by atoms with E-state index in [1.807, 2.05) is 0 Å². The van der Waals surface area contributed by atoms with Crippen LogP contribution in [0.4, 0.5) is 8.78 Å². The van der Waals surface area contributed by atoms with E-state index >= 15 is 0 Å². The molecule has 0 bridgehead atoms. The topological polar surface area (TPSA) is 25.8 Å². The summed E-state index contributed by atoms with van der Waals surface area (Å²) in [5.41, 5.74) is -0.595. The lowest BCUT2D eigenvalue weighted by Crippen LogP contribution is -1.94. The number of hydrogen-bond donors (Lipinski definition) is 0. The van der Waals surface area contributed by atoms with E-state index in [0.717, 1.165) is 0 Å². The Morgan fingerprint density at radius 3 is 1.75 bits per heavy atom. The van der Waals surface area contributed by atoms with Gasteiger partial charge in [0.2, 0.25) is 5.28 Å². The van der Waals surface area contributed by atoms with Crippen molar-refractivity contribution in [1.29, 1.82) is 0 Å². The molecule has 0 aliphatic heterocycles. The van der Waals surface area contributed by atoms with Crippen LogP contribution in [0.5, 0.6) is 0 Å². The molecule has 0 aliphatic rings. The summed E-state index contributed by atoms with van der Waals surface area (Å²) in [6, 6.07) is 0. The predicted molar refractivity (Wildman–Crippen MR) is 42.0 cm³/mol. The Morgan fingerprint density at radius 1 is 1.00 bits per heavy atom. The van der Waals surface area contributed by atoms with Crippen molar-refractivity contribution in [3.05, 3.63) is 21.2 Å². The summed E-state index contributed by atoms with van der Waals surface area (Å²) in [6.07, 6.45) is -2.80. The zero-order valence-electron chi connectivity index (χ0n) is 5.36. The average molecular weight is 233 g/mol. The largest absolute Gasteiger partial charge is 0.269 e. The maximum Gasteiger partial charge on any atom is 0.269 e. The second kappa shape index (κ2) is 3.68. The van der Waals surface area contributed by atoms with Gasteiger partial charge in [-0.25, -0.2) is 18.7 Å². The molecule has 1 heterocycles. The fraction of sp³-hybridized carbons (Fsp3) is 0.200. The maximum absolute atomic E-state index is 12.1. The monoisotopic (exact) mass is 232 g/mol. The summed E-state index contributed by atoms with van der Waals surface area (Å²) in [5, 5.41) is -1.10. The summed E-state index contributed by atoms with van der Waals surface area (Å²) in [4.78, 5) is 6.62. The summed E-state index contributed by atoms with van der Waals surface area (Å²) >= 11 is 16.0. The van der Waals surface area contributed by atoms with Gasteiger partial charge in [-0.05, 0) is 11.6 Å². The fourth-order valence-corrected chi connectivity index (χ4v) is 1.38. The molecule has 7 heteroatoms. The minimum atomic E-state index is -2.80. The fourth-order valence-electron chi connectivity index (χ4n) is 0.573. The number of aromatic nitrogens is 2. The quantitative estimate of drug-likeness (QED) is 0.549. The summed E-state index contributed by atoms with van der Waals surface area (Å²) in [7, 11) is 0. The smallest absolute Gasteiger partial charge is 0.205 e. The second-order valence-electron chi connectivity index (χ2n) is 1.79. The molecule has 1 aromatic heterocycles. The molecule has 0 N–H and O–H groups in total. The van der Waals surface area contributed by atoms with Crippen LogP contribution in [-0.2, 0) is 0 Å². The first-order valence-electron chi connectivity index (χ1n) is 2.69. The Labute approximate surface area is 81.5 Å². The highest BCUT2D eigenvalue weighted by atomic mass is 35.5. The van der Waals surface area contributed by atoms with Crippen LogP contribution in [0.1, 0.15) is 12.0 Å². The average Bonchev–Trinajstić information content (AvgIpc) is 1.82. The molecule has 0 unspecified atom stereocenters. The van der Waals surface area contributed by atoms with Gasteiger partial charge in [-0.15, -0.1) is 0 Å². The van der Waals surface area contributed by atoms with Crippen LogP contribution < -0.4 is 0 Å². The van der Waals surface area contributed by atoms with Gasteiger partial charge in [0.25, 0.3) is 6.43 Å². The molecular weight excluding hydrogens is 232 g/mol. The van der Waals surface area contributed by atoms with E-state index in [1.54, 1.807) is 0 Å². The number of halogens is 5. The molecule has 0 amide bonds. The van der Waals surface area contributed by atoms with Crippen LogP contribution in [0.25, 0.3) is 0 Å². The highest BCUT2D eigenvalue weighted by Gasteiger charge is 2.19. The molecule has 0 atom stereocenters. The van der Waals surface area contributed by atoms with Crippen molar-refractivity contribution in [2.75, 3.05) is 0 Å². The molecule has 0 saturated heterocycles. The molecule has 0 aromatic carbocycles. The van der Waals surface area contributed by atoms with Crippen LogP contribution in [0.15, 0.2) is 0 Å². The number of alkyl halides is 2. The van der Waals surface area contributed by atoms with E-state index < -0.39 is 22.3 Å². The van der Waals surface area contributed by atoms with Crippen molar-refractivity contribution in [1.82, 2.24) is 9.97 Å². The maximum atomic E-state index is 12.1. The standard InChI is InChI=1S/C5HCl3F2N2/c6-2-1(4(9)10)3(7)12-5(8)11-2/h4H. The minimum Gasteiger partial charge on any atom is -0.205 e. The molecular formula is C5HCl3F2N2. The molecule has 0 fully saturated rings. The van der Waals surface area contributed by atoms with E-state index in [0.29, 0.717) is 0 Å². The van der Waals surface area contributed by atoms with Gasteiger partial charge in [-0.1, -0.05) is 23.2 Å². The van der Waals surface area contributed by atoms with Crippen LogP contribution in [0.2, 0.25) is 15.6 Å². The Bertz CT molecular complexity index is 282. The van der Waals surface area contributed by atoms with Crippen molar-refractivity contribution in [3.63, 3.8) is 0 Å². The highest BCUT2D eigenvalue weighted by molar-refractivity contribution is 6.36. The first kappa shape index (κ1) is 9.89. The molecule has 12 heavy (non-hydrogen) atoms. The van der Waals surface area contributed by atoms with Gasteiger partial charge >= 0.3 is 0 Å². The zero-order chi connectivity index (χ0) is 9.30. The third-order valence-electron chi connectivity index (χ3n) is 1.04. The first-order chi connectivity index (χ1) is 5.52. The molecule has 1 aromatic rings. The van der Waals surface area contributed by atoms with Crippen molar-refractivity contribution in [2.24, 2.45) is 0 Å². The number of rotatable bonds is 1. The number of nitrogens with zero attached hydrogens (tertiary/aromatic N) is 2. The van der Waals surface area contributed by atoms with Gasteiger partial charge < -0.3 is 0 Å². The molecule has 0 aliphatic carbocycles. The van der Waals surface area contributed by atoms with E-state index in [9.17, 15) is 8.78 Å². The molecule has 2 nitrogen and oxygen atoms in total. The van der Waals surface area contributed by atoms with Gasteiger partial charge in [0.05, 0.1) is 5.56 Å². The van der Waals surface area contributed by atoms with Crippen molar-refractivity contribution >= 4 is 34.8 Å². The van der Waals surface area contributed by atoms with Gasteiger partial charge in [0, 0.05) is 0 Å². The normalized spacial score (nSPS) is 10.8. The summed E-state index contributed by atoms with van der Waals surface area (Å²) in [5.74, 6) is 0. The molecule has 0 radical (unpaired) electrons. The summed E-state index contributed by atoms with van der Waals surface area (Å²) < 4.78 is 24.3. The van der Waals surface area contributed by atoms with Gasteiger partial charge in [0.1, 0.15) is 10.3 Å². The zero-order valence-corrected chi connectivity index (χ0v) is 7.63. The SMILES string of the molecule is FC(F)c1c(Cl)nc(Cl)nc1Cl. The van der Waals surface area contributed by atoms with Crippen molar-refractivity contribution in [2.45, 2.75) is 6.43 Å². The van der Waals surface area contributed by atoms with E-state index in [-0.39, 0.29) is 5.28 Å². The highest BCUT2D eigenvalue weighted by Crippen LogP contribution is 2.31. The third kappa shape index (κ3) is 1.94. The lowest BCUT2D eigenvalue weighted by Gasteiger charge is -2.03. The lowest BCUT2D eigenvalue weighted by atomic mass is 10.4. The third-order valence-corrected chi connectivity index (χ3v) is 1.79. The van der Waals surface area contributed by atoms with Crippen molar-refractivity contribution in [3.8, 4) is 0 Å².